The van der Waals surface area contributed by atoms with E-state index >= 15 is 0 Å². The number of halogens is 1. The molecule has 0 aliphatic heterocycles. The Labute approximate surface area is 189 Å². The van der Waals surface area contributed by atoms with Gasteiger partial charge in [-0.15, -0.1) is 0 Å². The lowest BCUT2D eigenvalue weighted by molar-refractivity contribution is -0.116. The van der Waals surface area contributed by atoms with Crippen LogP contribution in [0.5, 0.6) is 5.75 Å². The third kappa shape index (κ3) is 7.14. The molecule has 0 saturated heterocycles. The van der Waals surface area contributed by atoms with E-state index in [4.69, 9.17) is 16.3 Å². The molecule has 0 spiro atoms. The van der Waals surface area contributed by atoms with Crippen molar-refractivity contribution in [2.75, 3.05) is 11.4 Å². The number of anilines is 1. The fourth-order valence-electron chi connectivity index (χ4n) is 3.48. The largest absolute Gasteiger partial charge is 0.489 e. The van der Waals surface area contributed by atoms with Crippen LogP contribution in [-0.4, -0.2) is 28.1 Å². The molecule has 0 aliphatic carbocycles. The second-order valence-corrected chi connectivity index (χ2v) is 8.12. The van der Waals surface area contributed by atoms with Crippen molar-refractivity contribution in [2.24, 2.45) is 0 Å². The number of ether oxygens (including phenoxy) is 1. The lowest BCUT2D eigenvalue weighted by atomic mass is 10.1. The molecule has 0 fully saturated rings. The first-order valence-electron chi connectivity index (χ1n) is 10.8. The highest BCUT2D eigenvalue weighted by Crippen LogP contribution is 2.23. The lowest BCUT2D eigenvalue weighted by Gasteiger charge is -2.23. The molecule has 1 amide bonds. The zero-order chi connectivity index (χ0) is 22.1. The van der Waals surface area contributed by atoms with Crippen molar-refractivity contribution in [3.63, 3.8) is 0 Å². The molecule has 0 bridgehead atoms. The molecule has 1 atom stereocenters. The Morgan fingerprint density at radius 2 is 1.90 bits per heavy atom. The number of hydrogen-bond acceptors (Lipinski definition) is 3. The van der Waals surface area contributed by atoms with E-state index in [1.165, 1.54) is 5.56 Å². The second-order valence-electron chi connectivity index (χ2n) is 7.68. The predicted molar refractivity (Wildman–Crippen MR) is 126 cm³/mol. The number of carbonyl (C=O) groups excluding carboxylic acids is 1. The Hall–Kier alpha value is -2.79. The summed E-state index contributed by atoms with van der Waals surface area (Å²) < 4.78 is 8.36. The van der Waals surface area contributed by atoms with Gasteiger partial charge in [-0.1, -0.05) is 37.1 Å². The quantitative estimate of drug-likeness (QED) is 0.381. The fraction of sp³-hybridized carbons (Fsp3) is 0.360. The number of benzene rings is 2. The number of hydrogen-bond donors (Lipinski definition) is 0. The highest BCUT2D eigenvalue weighted by Gasteiger charge is 2.14. The monoisotopic (exact) mass is 439 g/mol. The summed E-state index contributed by atoms with van der Waals surface area (Å²) in [6, 6.07) is 15.7. The Balaban J connectivity index is 1.67. The van der Waals surface area contributed by atoms with E-state index in [0.29, 0.717) is 6.54 Å². The van der Waals surface area contributed by atoms with Crippen LogP contribution in [0.15, 0.2) is 67.3 Å². The lowest BCUT2D eigenvalue weighted by Crippen LogP contribution is -2.29. The van der Waals surface area contributed by atoms with Crippen molar-refractivity contribution < 1.29 is 9.53 Å². The van der Waals surface area contributed by atoms with Crippen LogP contribution in [0.3, 0.4) is 0 Å². The van der Waals surface area contributed by atoms with Crippen LogP contribution in [0, 0.1) is 0 Å². The number of imidazole rings is 1. The number of unbranched alkanes of at least 4 members (excludes halogenated alkanes) is 1. The van der Waals surface area contributed by atoms with Crippen LogP contribution in [0.25, 0.3) is 0 Å². The molecule has 6 heteroatoms. The number of amides is 1. The number of carbonyl (C=O) groups is 1. The summed E-state index contributed by atoms with van der Waals surface area (Å²) in [6.45, 7) is 5.18. The van der Waals surface area contributed by atoms with Crippen LogP contribution >= 0.6 is 11.6 Å². The molecular weight excluding hydrogens is 410 g/mol. The molecule has 1 aromatic heterocycles. The average molecular weight is 440 g/mol. The first-order chi connectivity index (χ1) is 15.0. The topological polar surface area (TPSA) is 47.4 Å². The molecule has 3 aromatic rings. The minimum absolute atomic E-state index is 0.0141. The van der Waals surface area contributed by atoms with Gasteiger partial charge < -0.3 is 14.2 Å². The Kier molecular flexibility index (Phi) is 8.53. The van der Waals surface area contributed by atoms with Gasteiger partial charge in [-0.05, 0) is 61.2 Å². The van der Waals surface area contributed by atoms with E-state index < -0.39 is 0 Å². The molecule has 0 radical (unpaired) electrons. The van der Waals surface area contributed by atoms with E-state index in [1.54, 1.807) is 19.4 Å². The van der Waals surface area contributed by atoms with Gasteiger partial charge in [0.2, 0.25) is 5.91 Å². The summed E-state index contributed by atoms with van der Waals surface area (Å²) in [6.07, 6.45) is 9.29. The molecule has 3 rings (SSSR count). The van der Waals surface area contributed by atoms with Gasteiger partial charge in [0, 0.05) is 36.6 Å². The van der Waals surface area contributed by atoms with Crippen molar-refractivity contribution in [3.8, 4) is 5.75 Å². The molecule has 1 unspecified atom stereocenters. The van der Waals surface area contributed by atoms with Crippen molar-refractivity contribution in [3.05, 3.63) is 77.8 Å². The summed E-state index contributed by atoms with van der Waals surface area (Å²) >= 11 is 6.00. The van der Waals surface area contributed by atoms with Gasteiger partial charge in [-0.25, -0.2) is 4.98 Å². The average Bonchev–Trinajstić information content (AvgIpc) is 3.27. The number of nitrogens with zero attached hydrogens (tertiary/aromatic N) is 3. The summed E-state index contributed by atoms with van der Waals surface area (Å²) in [4.78, 5) is 18.0. The summed E-state index contributed by atoms with van der Waals surface area (Å²) in [5.74, 6) is 0.854. The fourth-order valence-corrected chi connectivity index (χ4v) is 3.60. The standard InChI is InChI=1S/C25H30ClN3O2/c1-3-4-16-29(20(2)30)23-10-13-24(14-11-23)31-25(18-28-17-15-27-19-28)12-7-21-5-8-22(26)9-6-21/h5-6,8-11,13-15,17,19,25H,3-4,7,12,16,18H2,1-2H3. The van der Waals surface area contributed by atoms with E-state index in [-0.39, 0.29) is 12.0 Å². The van der Waals surface area contributed by atoms with Crippen molar-refractivity contribution in [2.45, 2.75) is 52.2 Å². The first-order valence-corrected chi connectivity index (χ1v) is 11.2. The van der Waals surface area contributed by atoms with Gasteiger partial charge in [0.1, 0.15) is 11.9 Å². The third-order valence-electron chi connectivity index (χ3n) is 5.21. The summed E-state index contributed by atoms with van der Waals surface area (Å²) in [5.41, 5.74) is 2.13. The maximum atomic E-state index is 12.0. The molecule has 0 aliphatic rings. The van der Waals surface area contributed by atoms with Gasteiger partial charge >= 0.3 is 0 Å². The Morgan fingerprint density at radius 1 is 1.16 bits per heavy atom. The minimum Gasteiger partial charge on any atom is -0.489 e. The van der Waals surface area contributed by atoms with Crippen LogP contribution < -0.4 is 9.64 Å². The van der Waals surface area contributed by atoms with E-state index in [9.17, 15) is 4.79 Å². The van der Waals surface area contributed by atoms with Gasteiger partial charge in [-0.3, -0.25) is 4.79 Å². The van der Waals surface area contributed by atoms with E-state index in [1.807, 2.05) is 52.1 Å². The van der Waals surface area contributed by atoms with Crippen LogP contribution in [0.2, 0.25) is 5.02 Å². The van der Waals surface area contributed by atoms with Crippen LogP contribution in [0.4, 0.5) is 5.69 Å². The maximum absolute atomic E-state index is 12.0. The van der Waals surface area contributed by atoms with Gasteiger partial charge in [0.25, 0.3) is 0 Å². The molecule has 1 heterocycles. The Morgan fingerprint density at radius 3 is 2.52 bits per heavy atom. The third-order valence-corrected chi connectivity index (χ3v) is 5.46. The molecule has 0 N–H and O–H groups in total. The zero-order valence-corrected chi connectivity index (χ0v) is 19.0. The molecule has 0 saturated carbocycles. The smallest absolute Gasteiger partial charge is 0.223 e. The predicted octanol–water partition coefficient (Wildman–Crippen LogP) is 5.77. The summed E-state index contributed by atoms with van der Waals surface area (Å²) in [7, 11) is 0. The van der Waals surface area contributed by atoms with Crippen molar-refractivity contribution in [1.29, 1.82) is 0 Å². The number of rotatable bonds is 11. The zero-order valence-electron chi connectivity index (χ0n) is 18.2. The van der Waals surface area contributed by atoms with Crippen molar-refractivity contribution in [1.82, 2.24) is 9.55 Å². The second kappa shape index (κ2) is 11.6. The summed E-state index contributed by atoms with van der Waals surface area (Å²) in [5, 5.41) is 0.744. The minimum atomic E-state index is -0.0141. The molecule has 5 nitrogen and oxygen atoms in total. The highest BCUT2D eigenvalue weighted by atomic mass is 35.5. The number of aryl methyl sites for hydroxylation is 1. The SMILES string of the molecule is CCCCN(C(C)=O)c1ccc(OC(CCc2ccc(Cl)cc2)Cn2ccnc2)cc1. The molecular formula is C25H30ClN3O2. The van der Waals surface area contributed by atoms with Crippen molar-refractivity contribution >= 4 is 23.2 Å². The number of aromatic nitrogens is 2. The first kappa shape index (κ1) is 22.9. The van der Waals surface area contributed by atoms with Gasteiger partial charge in [0.15, 0.2) is 0 Å². The molecule has 31 heavy (non-hydrogen) atoms. The van der Waals surface area contributed by atoms with Gasteiger partial charge in [-0.2, -0.15) is 0 Å². The van der Waals surface area contributed by atoms with Gasteiger partial charge in [0.05, 0.1) is 12.9 Å². The normalized spacial score (nSPS) is 11.8. The molecule has 164 valence electrons. The highest BCUT2D eigenvalue weighted by molar-refractivity contribution is 6.30. The van der Waals surface area contributed by atoms with Crippen LogP contribution in [-0.2, 0) is 17.8 Å². The Bertz CT molecular complexity index is 924. The van der Waals surface area contributed by atoms with E-state index in [2.05, 4.69) is 24.0 Å². The van der Waals surface area contributed by atoms with E-state index in [0.717, 1.165) is 48.7 Å². The van der Waals surface area contributed by atoms with Crippen LogP contribution in [0.1, 0.15) is 38.7 Å². The molecule has 2 aromatic carbocycles. The maximum Gasteiger partial charge on any atom is 0.223 e.